The highest BCUT2D eigenvalue weighted by Crippen LogP contribution is 2.14. The van der Waals surface area contributed by atoms with Crippen LogP contribution in [0, 0.1) is 5.82 Å². The van der Waals surface area contributed by atoms with Crippen LogP contribution in [0.3, 0.4) is 0 Å². The fourth-order valence-electron chi connectivity index (χ4n) is 1.79. The number of hydrogen-bond donors (Lipinski definition) is 2. The summed E-state index contributed by atoms with van der Waals surface area (Å²) in [7, 11) is 0. The second-order valence-corrected chi connectivity index (χ2v) is 4.95. The molecule has 0 atom stereocenters. The molecule has 4 nitrogen and oxygen atoms in total. The number of rotatable bonds is 5. The number of carbonyl (C=O) groups is 2. The minimum atomic E-state index is -0.370. The Morgan fingerprint density at radius 3 is 2.41 bits per heavy atom. The van der Waals surface area contributed by atoms with E-state index >= 15 is 0 Å². The molecule has 0 unspecified atom stereocenters. The van der Waals surface area contributed by atoms with E-state index in [1.807, 2.05) is 0 Å². The van der Waals surface area contributed by atoms with Gasteiger partial charge in [-0.25, -0.2) is 4.39 Å². The summed E-state index contributed by atoms with van der Waals surface area (Å²) in [5.41, 5.74) is 0.868. The Morgan fingerprint density at radius 2 is 1.73 bits per heavy atom. The van der Waals surface area contributed by atoms with Crippen LogP contribution in [0.2, 0.25) is 5.02 Å². The van der Waals surface area contributed by atoms with Gasteiger partial charge in [0.15, 0.2) is 0 Å². The van der Waals surface area contributed by atoms with Gasteiger partial charge in [0, 0.05) is 18.7 Å². The monoisotopic (exact) mass is 320 g/mol. The molecule has 0 aliphatic heterocycles. The van der Waals surface area contributed by atoms with Crippen LogP contribution in [-0.4, -0.2) is 18.4 Å². The van der Waals surface area contributed by atoms with Gasteiger partial charge in [-0.2, -0.15) is 0 Å². The normalized spacial score (nSPS) is 10.1. The first kappa shape index (κ1) is 16.0. The third kappa shape index (κ3) is 4.56. The van der Waals surface area contributed by atoms with E-state index in [1.165, 1.54) is 24.3 Å². The number of benzene rings is 2. The van der Waals surface area contributed by atoms with Crippen molar-refractivity contribution in [1.29, 1.82) is 0 Å². The Bertz CT molecular complexity index is 674. The SMILES string of the molecule is O=C(CCNC(=O)c1ccccc1Cl)Nc1ccc(F)cc1. The standard InChI is InChI=1S/C16H14ClFN2O2/c17-14-4-2-1-3-13(14)16(22)19-10-9-15(21)20-12-7-5-11(18)6-8-12/h1-8H,9-10H2,(H,19,22)(H,20,21). The third-order valence-electron chi connectivity index (χ3n) is 2.88. The minimum Gasteiger partial charge on any atom is -0.351 e. The zero-order valence-corrected chi connectivity index (χ0v) is 12.4. The maximum Gasteiger partial charge on any atom is 0.252 e. The van der Waals surface area contributed by atoms with Gasteiger partial charge in [-0.3, -0.25) is 9.59 Å². The molecule has 2 aromatic rings. The molecule has 0 bridgehead atoms. The highest BCUT2D eigenvalue weighted by molar-refractivity contribution is 6.33. The number of halogens is 2. The van der Waals surface area contributed by atoms with Crippen molar-refractivity contribution in [2.45, 2.75) is 6.42 Å². The zero-order chi connectivity index (χ0) is 15.9. The molecule has 22 heavy (non-hydrogen) atoms. The molecule has 0 radical (unpaired) electrons. The van der Waals surface area contributed by atoms with E-state index < -0.39 is 0 Å². The molecule has 114 valence electrons. The van der Waals surface area contributed by atoms with Crippen LogP contribution in [0.25, 0.3) is 0 Å². The van der Waals surface area contributed by atoms with Gasteiger partial charge in [0.25, 0.3) is 5.91 Å². The van der Waals surface area contributed by atoms with Gasteiger partial charge < -0.3 is 10.6 Å². The molecule has 0 aliphatic carbocycles. The molecule has 2 aromatic carbocycles. The molecular formula is C16H14ClFN2O2. The van der Waals surface area contributed by atoms with Crippen molar-refractivity contribution >= 4 is 29.1 Å². The second-order valence-electron chi connectivity index (χ2n) is 4.54. The predicted octanol–water partition coefficient (Wildman–Crippen LogP) is 3.24. The van der Waals surface area contributed by atoms with Crippen molar-refractivity contribution in [1.82, 2.24) is 5.32 Å². The number of hydrogen-bond acceptors (Lipinski definition) is 2. The lowest BCUT2D eigenvalue weighted by atomic mass is 10.2. The average Bonchev–Trinajstić information content (AvgIpc) is 2.50. The van der Waals surface area contributed by atoms with Crippen molar-refractivity contribution in [3.05, 3.63) is 64.9 Å². The zero-order valence-electron chi connectivity index (χ0n) is 11.6. The molecule has 0 aromatic heterocycles. The molecule has 0 saturated heterocycles. The Morgan fingerprint density at radius 1 is 1.05 bits per heavy atom. The van der Waals surface area contributed by atoms with Gasteiger partial charge in [-0.15, -0.1) is 0 Å². The van der Waals surface area contributed by atoms with Crippen LogP contribution in [0.15, 0.2) is 48.5 Å². The lowest BCUT2D eigenvalue weighted by molar-refractivity contribution is -0.116. The highest BCUT2D eigenvalue weighted by Gasteiger charge is 2.09. The van der Waals surface area contributed by atoms with Crippen LogP contribution < -0.4 is 10.6 Å². The van der Waals surface area contributed by atoms with E-state index in [-0.39, 0.29) is 30.6 Å². The van der Waals surface area contributed by atoms with E-state index in [0.717, 1.165) is 0 Å². The summed E-state index contributed by atoms with van der Waals surface area (Å²) in [5.74, 6) is -0.976. The van der Waals surface area contributed by atoms with Crippen molar-refractivity contribution in [3.8, 4) is 0 Å². The van der Waals surface area contributed by atoms with Gasteiger partial charge in [0.2, 0.25) is 5.91 Å². The molecule has 0 saturated carbocycles. The average molecular weight is 321 g/mol. The molecule has 2 amide bonds. The Hall–Kier alpha value is -2.40. The summed E-state index contributed by atoms with van der Waals surface area (Å²) >= 11 is 5.91. The number of amides is 2. The number of anilines is 1. The fourth-order valence-corrected chi connectivity index (χ4v) is 2.01. The van der Waals surface area contributed by atoms with Crippen molar-refractivity contribution in [2.75, 3.05) is 11.9 Å². The lowest BCUT2D eigenvalue weighted by Gasteiger charge is -2.07. The van der Waals surface area contributed by atoms with Crippen LogP contribution in [0.1, 0.15) is 16.8 Å². The summed E-state index contributed by atoms with van der Waals surface area (Å²) in [4.78, 5) is 23.6. The number of carbonyl (C=O) groups excluding carboxylic acids is 2. The first-order valence-corrected chi connectivity index (χ1v) is 7.02. The Kier molecular flexibility index (Phi) is 5.49. The summed E-state index contributed by atoms with van der Waals surface area (Å²) in [5, 5.41) is 5.59. The van der Waals surface area contributed by atoms with Crippen molar-refractivity contribution in [3.63, 3.8) is 0 Å². The van der Waals surface area contributed by atoms with Gasteiger partial charge in [0.05, 0.1) is 10.6 Å². The van der Waals surface area contributed by atoms with Crippen LogP contribution in [0.5, 0.6) is 0 Å². The summed E-state index contributed by atoms with van der Waals surface area (Å²) in [6.45, 7) is 0.178. The summed E-state index contributed by atoms with van der Waals surface area (Å²) in [6, 6.07) is 12.1. The number of nitrogens with one attached hydrogen (secondary N) is 2. The van der Waals surface area contributed by atoms with Crippen LogP contribution >= 0.6 is 11.6 Å². The van der Waals surface area contributed by atoms with E-state index in [1.54, 1.807) is 24.3 Å². The van der Waals surface area contributed by atoms with Crippen molar-refractivity contribution in [2.24, 2.45) is 0 Å². The van der Waals surface area contributed by atoms with E-state index in [4.69, 9.17) is 11.6 Å². The van der Waals surface area contributed by atoms with Crippen molar-refractivity contribution < 1.29 is 14.0 Å². The second kappa shape index (κ2) is 7.56. The molecule has 0 spiro atoms. The molecular weight excluding hydrogens is 307 g/mol. The smallest absolute Gasteiger partial charge is 0.252 e. The predicted molar refractivity (Wildman–Crippen MR) is 83.4 cm³/mol. The molecule has 2 N–H and O–H groups in total. The van der Waals surface area contributed by atoms with Gasteiger partial charge in [0.1, 0.15) is 5.82 Å². The quantitative estimate of drug-likeness (QED) is 0.888. The van der Waals surface area contributed by atoms with E-state index in [2.05, 4.69) is 10.6 Å². The van der Waals surface area contributed by atoms with Gasteiger partial charge >= 0.3 is 0 Å². The molecule has 0 aliphatic rings. The van der Waals surface area contributed by atoms with E-state index in [9.17, 15) is 14.0 Å². The largest absolute Gasteiger partial charge is 0.351 e. The first-order valence-electron chi connectivity index (χ1n) is 6.64. The van der Waals surface area contributed by atoms with Crippen LogP contribution in [-0.2, 0) is 4.79 Å². The summed E-state index contributed by atoms with van der Waals surface area (Å²) in [6.07, 6.45) is 0.105. The topological polar surface area (TPSA) is 58.2 Å². The first-order chi connectivity index (χ1) is 10.6. The molecule has 6 heteroatoms. The molecule has 0 fully saturated rings. The Balaban J connectivity index is 1.78. The highest BCUT2D eigenvalue weighted by atomic mass is 35.5. The van der Waals surface area contributed by atoms with E-state index in [0.29, 0.717) is 16.3 Å². The molecule has 0 heterocycles. The maximum atomic E-state index is 12.7. The summed E-state index contributed by atoms with van der Waals surface area (Å²) < 4.78 is 12.7. The lowest BCUT2D eigenvalue weighted by Crippen LogP contribution is -2.27. The van der Waals surface area contributed by atoms with Gasteiger partial charge in [-0.05, 0) is 36.4 Å². The third-order valence-corrected chi connectivity index (χ3v) is 3.21. The Labute approximate surface area is 132 Å². The maximum absolute atomic E-state index is 12.7. The van der Waals surface area contributed by atoms with Gasteiger partial charge in [-0.1, -0.05) is 23.7 Å². The fraction of sp³-hybridized carbons (Fsp3) is 0.125. The van der Waals surface area contributed by atoms with Crippen LogP contribution in [0.4, 0.5) is 10.1 Å². The minimum absolute atomic E-state index is 0.105. The molecule has 2 rings (SSSR count).